The van der Waals surface area contributed by atoms with Crippen LogP contribution >= 0.6 is 0 Å². The van der Waals surface area contributed by atoms with Crippen LogP contribution in [0.5, 0.6) is 5.75 Å². The molecule has 3 N–H and O–H groups in total. The lowest BCUT2D eigenvalue weighted by molar-refractivity contribution is 0.453. The van der Waals surface area contributed by atoms with E-state index in [9.17, 15) is 5.11 Å². The Morgan fingerprint density at radius 2 is 1.83 bits per heavy atom. The Balaban J connectivity index is 1.93. The summed E-state index contributed by atoms with van der Waals surface area (Å²) >= 11 is 0. The highest BCUT2D eigenvalue weighted by Crippen LogP contribution is 2.32. The van der Waals surface area contributed by atoms with Crippen LogP contribution in [0.2, 0.25) is 0 Å². The van der Waals surface area contributed by atoms with Gasteiger partial charge in [-0.3, -0.25) is 5.10 Å². The summed E-state index contributed by atoms with van der Waals surface area (Å²) < 4.78 is 0. The van der Waals surface area contributed by atoms with Crippen molar-refractivity contribution in [1.29, 1.82) is 0 Å². The maximum Gasteiger partial charge on any atom is 0.115 e. The van der Waals surface area contributed by atoms with Gasteiger partial charge in [-0.1, -0.05) is 12.1 Å². The van der Waals surface area contributed by atoms with Crippen LogP contribution in [0.15, 0.2) is 30.5 Å². The average Bonchev–Trinajstić information content (AvgIpc) is 2.90. The molecule has 1 aliphatic heterocycles. The number of phenolic OH excluding ortho intramolecular Hbond substituents is 1. The summed E-state index contributed by atoms with van der Waals surface area (Å²) in [6.45, 7) is 2.14. The largest absolute Gasteiger partial charge is 0.508 e. The zero-order valence-electron chi connectivity index (χ0n) is 10.2. The van der Waals surface area contributed by atoms with Crippen molar-refractivity contribution in [2.75, 3.05) is 13.1 Å². The summed E-state index contributed by atoms with van der Waals surface area (Å²) in [5.41, 5.74) is 3.49. The van der Waals surface area contributed by atoms with E-state index >= 15 is 0 Å². The molecule has 94 valence electrons. The standard InChI is InChI=1S/C14H17N3O/c18-12-3-1-10(2-4-12)13-9-16-17-14(13)11-5-7-15-8-6-11/h1-4,9,11,15,18H,5-8H2,(H,16,17). The normalized spacial score (nSPS) is 16.9. The molecule has 4 nitrogen and oxygen atoms in total. The molecule has 1 saturated heterocycles. The van der Waals surface area contributed by atoms with E-state index in [0.29, 0.717) is 11.7 Å². The van der Waals surface area contributed by atoms with Gasteiger partial charge in [-0.05, 0) is 43.6 Å². The Hall–Kier alpha value is -1.81. The molecule has 0 spiro atoms. The van der Waals surface area contributed by atoms with Gasteiger partial charge in [0.2, 0.25) is 0 Å². The molecule has 3 rings (SSSR count). The molecule has 2 aromatic rings. The van der Waals surface area contributed by atoms with Crippen LogP contribution in [0.4, 0.5) is 0 Å². The molecule has 1 fully saturated rings. The number of aromatic nitrogens is 2. The quantitative estimate of drug-likeness (QED) is 0.758. The molecule has 0 atom stereocenters. The SMILES string of the molecule is Oc1ccc(-c2cn[nH]c2C2CCNCC2)cc1. The highest BCUT2D eigenvalue weighted by molar-refractivity contribution is 5.66. The predicted molar refractivity (Wildman–Crippen MR) is 70.5 cm³/mol. The molecule has 0 amide bonds. The zero-order valence-corrected chi connectivity index (χ0v) is 10.2. The van der Waals surface area contributed by atoms with Crippen molar-refractivity contribution in [3.8, 4) is 16.9 Å². The number of benzene rings is 1. The number of phenols is 1. The van der Waals surface area contributed by atoms with Crippen LogP contribution in [0.3, 0.4) is 0 Å². The molecular formula is C14H17N3O. The number of hydrogen-bond donors (Lipinski definition) is 3. The number of aromatic hydroxyl groups is 1. The highest BCUT2D eigenvalue weighted by atomic mass is 16.3. The van der Waals surface area contributed by atoms with Gasteiger partial charge in [0.05, 0.1) is 6.20 Å². The van der Waals surface area contributed by atoms with Crippen LogP contribution in [0, 0.1) is 0 Å². The third kappa shape index (κ3) is 2.11. The lowest BCUT2D eigenvalue weighted by Gasteiger charge is -2.22. The van der Waals surface area contributed by atoms with E-state index in [1.165, 1.54) is 5.69 Å². The van der Waals surface area contributed by atoms with Crippen LogP contribution in [-0.4, -0.2) is 28.4 Å². The first-order valence-corrected chi connectivity index (χ1v) is 6.38. The monoisotopic (exact) mass is 243 g/mol. The first-order chi connectivity index (χ1) is 8.84. The molecule has 0 radical (unpaired) electrons. The Morgan fingerprint density at radius 1 is 1.11 bits per heavy atom. The molecule has 2 heterocycles. The molecule has 0 bridgehead atoms. The highest BCUT2D eigenvalue weighted by Gasteiger charge is 2.20. The lowest BCUT2D eigenvalue weighted by Crippen LogP contribution is -2.27. The Labute approximate surface area is 106 Å². The van der Waals surface area contributed by atoms with E-state index in [-0.39, 0.29) is 0 Å². The van der Waals surface area contributed by atoms with Gasteiger partial charge in [-0.25, -0.2) is 0 Å². The third-order valence-corrected chi connectivity index (χ3v) is 3.59. The average molecular weight is 243 g/mol. The first-order valence-electron chi connectivity index (χ1n) is 6.38. The maximum absolute atomic E-state index is 9.34. The van der Waals surface area contributed by atoms with E-state index in [4.69, 9.17) is 0 Å². The summed E-state index contributed by atoms with van der Waals surface area (Å²) in [6.07, 6.45) is 4.17. The van der Waals surface area contributed by atoms with Crippen molar-refractivity contribution in [2.24, 2.45) is 0 Å². The summed E-state index contributed by atoms with van der Waals surface area (Å²) in [4.78, 5) is 0. The van der Waals surface area contributed by atoms with E-state index in [1.807, 2.05) is 18.3 Å². The second kappa shape index (κ2) is 4.82. The number of H-pyrrole nitrogens is 1. The smallest absolute Gasteiger partial charge is 0.115 e. The molecule has 1 aromatic carbocycles. The van der Waals surface area contributed by atoms with E-state index in [0.717, 1.165) is 37.1 Å². The molecular weight excluding hydrogens is 226 g/mol. The number of aromatic amines is 1. The number of piperidine rings is 1. The van der Waals surface area contributed by atoms with Crippen molar-refractivity contribution >= 4 is 0 Å². The van der Waals surface area contributed by atoms with Gasteiger partial charge in [-0.2, -0.15) is 5.10 Å². The molecule has 1 aliphatic rings. The molecule has 0 saturated carbocycles. The minimum Gasteiger partial charge on any atom is -0.508 e. The van der Waals surface area contributed by atoms with E-state index in [1.54, 1.807) is 12.1 Å². The third-order valence-electron chi connectivity index (χ3n) is 3.59. The van der Waals surface area contributed by atoms with Crippen molar-refractivity contribution in [2.45, 2.75) is 18.8 Å². The van der Waals surface area contributed by atoms with E-state index in [2.05, 4.69) is 15.5 Å². The van der Waals surface area contributed by atoms with Crippen LogP contribution in [0.1, 0.15) is 24.5 Å². The van der Waals surface area contributed by atoms with Crippen LogP contribution < -0.4 is 5.32 Å². The van der Waals surface area contributed by atoms with Crippen molar-refractivity contribution < 1.29 is 5.11 Å². The number of nitrogens with one attached hydrogen (secondary N) is 2. The van der Waals surface area contributed by atoms with Crippen LogP contribution in [0.25, 0.3) is 11.1 Å². The fourth-order valence-corrected chi connectivity index (χ4v) is 2.59. The first kappa shape index (κ1) is 11.3. The molecule has 18 heavy (non-hydrogen) atoms. The van der Waals surface area contributed by atoms with Crippen molar-refractivity contribution in [1.82, 2.24) is 15.5 Å². The van der Waals surface area contributed by atoms with E-state index < -0.39 is 0 Å². The fraction of sp³-hybridized carbons (Fsp3) is 0.357. The number of rotatable bonds is 2. The summed E-state index contributed by atoms with van der Waals surface area (Å²) in [5, 5.41) is 20.1. The topological polar surface area (TPSA) is 60.9 Å². The molecule has 0 aliphatic carbocycles. The molecule has 4 heteroatoms. The minimum absolute atomic E-state index is 0.297. The number of nitrogens with zero attached hydrogens (tertiary/aromatic N) is 1. The summed E-state index contributed by atoms with van der Waals surface area (Å²) in [5.74, 6) is 0.850. The summed E-state index contributed by atoms with van der Waals surface area (Å²) in [7, 11) is 0. The Morgan fingerprint density at radius 3 is 2.56 bits per heavy atom. The molecule has 0 unspecified atom stereocenters. The van der Waals surface area contributed by atoms with Gasteiger partial charge in [0.25, 0.3) is 0 Å². The van der Waals surface area contributed by atoms with Gasteiger partial charge < -0.3 is 10.4 Å². The van der Waals surface area contributed by atoms with Gasteiger partial charge in [0, 0.05) is 17.2 Å². The Bertz CT molecular complexity index is 512. The maximum atomic E-state index is 9.34. The van der Waals surface area contributed by atoms with Gasteiger partial charge in [0.15, 0.2) is 0 Å². The van der Waals surface area contributed by atoms with Crippen molar-refractivity contribution in [3.05, 3.63) is 36.2 Å². The van der Waals surface area contributed by atoms with Gasteiger partial charge in [0.1, 0.15) is 5.75 Å². The van der Waals surface area contributed by atoms with Gasteiger partial charge >= 0.3 is 0 Å². The van der Waals surface area contributed by atoms with Gasteiger partial charge in [-0.15, -0.1) is 0 Å². The second-order valence-corrected chi connectivity index (χ2v) is 4.77. The van der Waals surface area contributed by atoms with Crippen molar-refractivity contribution in [3.63, 3.8) is 0 Å². The fourth-order valence-electron chi connectivity index (χ4n) is 2.59. The zero-order chi connectivity index (χ0) is 12.4. The molecule has 1 aromatic heterocycles. The second-order valence-electron chi connectivity index (χ2n) is 4.77. The minimum atomic E-state index is 0.297. The summed E-state index contributed by atoms with van der Waals surface area (Å²) in [6, 6.07) is 7.30. The predicted octanol–water partition coefficient (Wildman–Crippen LogP) is 2.25. The lowest BCUT2D eigenvalue weighted by atomic mass is 9.90. The van der Waals surface area contributed by atoms with Crippen LogP contribution in [-0.2, 0) is 0 Å². The Kier molecular flexibility index (Phi) is 3.02. The number of hydrogen-bond acceptors (Lipinski definition) is 3.